The van der Waals surface area contributed by atoms with Crippen molar-refractivity contribution in [1.29, 1.82) is 0 Å². The molecule has 0 aromatic rings. The van der Waals surface area contributed by atoms with Crippen molar-refractivity contribution in [3.63, 3.8) is 0 Å². The van der Waals surface area contributed by atoms with Crippen LogP contribution >= 0.6 is 15.9 Å². The van der Waals surface area contributed by atoms with Crippen LogP contribution in [0.2, 0.25) is 0 Å². The number of nitrogens with zero attached hydrogens (tertiary/aromatic N) is 1. The number of carbonyl (C=O) groups is 1. The van der Waals surface area contributed by atoms with E-state index in [0.29, 0.717) is 11.9 Å². The molecule has 0 spiro atoms. The smallest absolute Gasteiger partial charge is 0.224 e. The predicted octanol–water partition coefficient (Wildman–Crippen LogP) is 3.32. The van der Waals surface area contributed by atoms with Crippen molar-refractivity contribution >= 4 is 21.8 Å². The van der Waals surface area contributed by atoms with Gasteiger partial charge in [0, 0.05) is 17.9 Å². The maximum atomic E-state index is 11.7. The van der Waals surface area contributed by atoms with E-state index in [4.69, 9.17) is 0 Å². The number of nitrogens with one attached hydrogen (secondary N) is 1. The largest absolute Gasteiger partial charge is 0.354 e. The van der Waals surface area contributed by atoms with Gasteiger partial charge >= 0.3 is 0 Å². The van der Waals surface area contributed by atoms with Crippen molar-refractivity contribution in [2.45, 2.75) is 63.8 Å². The molecule has 1 N–H and O–H groups in total. The monoisotopic (exact) mass is 344 g/mol. The van der Waals surface area contributed by atoms with E-state index in [0.717, 1.165) is 18.3 Å². The standard InChI is InChI=1S/C16H29BrN2O/c17-10-6-4-2-1-3-5-7-11-19-12-8-9-14-15(19)13-18-16(14)20/h14-15H,1-13H2,(H,18,20). The summed E-state index contributed by atoms with van der Waals surface area (Å²) in [5.74, 6) is 0.583. The minimum absolute atomic E-state index is 0.285. The van der Waals surface area contributed by atoms with Crippen LogP contribution in [0.4, 0.5) is 0 Å². The molecule has 2 heterocycles. The van der Waals surface area contributed by atoms with Gasteiger partial charge in [-0.05, 0) is 38.8 Å². The van der Waals surface area contributed by atoms with Crippen molar-refractivity contribution in [2.24, 2.45) is 5.92 Å². The molecule has 1 amide bonds. The van der Waals surface area contributed by atoms with Gasteiger partial charge in [0.15, 0.2) is 0 Å². The minimum Gasteiger partial charge on any atom is -0.354 e. The zero-order chi connectivity index (χ0) is 14.2. The molecule has 4 heteroatoms. The fourth-order valence-corrected chi connectivity index (χ4v) is 4.01. The zero-order valence-corrected chi connectivity index (χ0v) is 14.2. The van der Waals surface area contributed by atoms with Gasteiger partial charge in [-0.2, -0.15) is 0 Å². The Bertz CT molecular complexity index is 298. The van der Waals surface area contributed by atoms with Crippen LogP contribution in [0.3, 0.4) is 0 Å². The van der Waals surface area contributed by atoms with Gasteiger partial charge in [0.2, 0.25) is 5.91 Å². The van der Waals surface area contributed by atoms with E-state index >= 15 is 0 Å². The van der Waals surface area contributed by atoms with Gasteiger partial charge in [0.25, 0.3) is 0 Å². The topological polar surface area (TPSA) is 32.3 Å². The van der Waals surface area contributed by atoms with Gasteiger partial charge in [-0.3, -0.25) is 9.69 Å². The Morgan fingerprint density at radius 3 is 2.55 bits per heavy atom. The van der Waals surface area contributed by atoms with Gasteiger partial charge < -0.3 is 5.32 Å². The molecule has 2 unspecified atom stereocenters. The lowest BCUT2D eigenvalue weighted by Gasteiger charge is -2.35. The second-order valence-corrected chi connectivity index (χ2v) is 7.05. The molecule has 2 aliphatic heterocycles. The summed E-state index contributed by atoms with van der Waals surface area (Å²) in [6.07, 6.45) is 11.8. The van der Waals surface area contributed by atoms with E-state index in [2.05, 4.69) is 26.1 Å². The van der Waals surface area contributed by atoms with Crippen molar-refractivity contribution in [3.05, 3.63) is 0 Å². The molecule has 0 saturated carbocycles. The number of piperidine rings is 1. The molecule has 3 nitrogen and oxygen atoms in total. The average Bonchev–Trinajstić information content (AvgIpc) is 2.84. The second kappa shape index (κ2) is 9.04. The number of hydrogen-bond acceptors (Lipinski definition) is 2. The summed E-state index contributed by atoms with van der Waals surface area (Å²) in [6, 6.07) is 0.496. The third kappa shape index (κ3) is 4.73. The molecule has 0 bridgehead atoms. The van der Waals surface area contributed by atoms with E-state index in [-0.39, 0.29) is 5.92 Å². The Morgan fingerprint density at radius 2 is 1.80 bits per heavy atom. The molecule has 2 aliphatic rings. The number of unbranched alkanes of at least 4 members (excludes halogenated alkanes) is 6. The first-order valence-electron chi connectivity index (χ1n) is 8.40. The molecule has 2 fully saturated rings. The van der Waals surface area contributed by atoms with Crippen LogP contribution in [0, 0.1) is 5.92 Å². The third-order valence-corrected chi connectivity index (χ3v) is 5.36. The van der Waals surface area contributed by atoms with Crippen LogP contribution in [0.5, 0.6) is 0 Å². The summed E-state index contributed by atoms with van der Waals surface area (Å²) >= 11 is 3.48. The lowest BCUT2D eigenvalue weighted by Crippen LogP contribution is -2.45. The van der Waals surface area contributed by atoms with Crippen LogP contribution in [0.1, 0.15) is 57.8 Å². The quantitative estimate of drug-likeness (QED) is 0.514. The van der Waals surface area contributed by atoms with Gasteiger partial charge in [-0.25, -0.2) is 0 Å². The highest BCUT2D eigenvalue weighted by molar-refractivity contribution is 9.09. The van der Waals surface area contributed by atoms with Gasteiger partial charge in [0.1, 0.15) is 0 Å². The second-order valence-electron chi connectivity index (χ2n) is 6.26. The highest BCUT2D eigenvalue weighted by Crippen LogP contribution is 2.27. The van der Waals surface area contributed by atoms with Crippen molar-refractivity contribution in [3.8, 4) is 0 Å². The van der Waals surface area contributed by atoms with Crippen LogP contribution < -0.4 is 5.32 Å². The normalized spacial score (nSPS) is 26.6. The first kappa shape index (κ1) is 16.3. The molecular formula is C16H29BrN2O. The number of alkyl halides is 1. The van der Waals surface area contributed by atoms with Gasteiger partial charge in [-0.15, -0.1) is 0 Å². The van der Waals surface area contributed by atoms with Crippen LogP contribution in [0.15, 0.2) is 0 Å². The summed E-state index contributed by atoms with van der Waals surface area (Å²) < 4.78 is 0. The van der Waals surface area contributed by atoms with E-state index in [9.17, 15) is 4.79 Å². The number of hydrogen-bond donors (Lipinski definition) is 1. The maximum absolute atomic E-state index is 11.7. The number of fused-ring (bicyclic) bond motifs is 1. The number of carbonyl (C=O) groups excluding carboxylic acids is 1. The summed E-state index contributed by atoms with van der Waals surface area (Å²) in [5, 5.41) is 4.19. The minimum atomic E-state index is 0.285. The van der Waals surface area contributed by atoms with E-state index in [1.165, 1.54) is 64.5 Å². The number of halogens is 1. The highest BCUT2D eigenvalue weighted by atomic mass is 79.9. The maximum Gasteiger partial charge on any atom is 0.224 e. The fourth-order valence-electron chi connectivity index (χ4n) is 3.61. The summed E-state index contributed by atoms with van der Waals surface area (Å²) in [4.78, 5) is 14.3. The number of rotatable bonds is 9. The third-order valence-electron chi connectivity index (χ3n) is 4.80. The van der Waals surface area contributed by atoms with Crippen LogP contribution in [0.25, 0.3) is 0 Å². The number of likely N-dealkylation sites (tertiary alicyclic amines) is 1. The molecule has 2 saturated heterocycles. The Kier molecular flexibility index (Phi) is 7.36. The van der Waals surface area contributed by atoms with Crippen LogP contribution in [-0.2, 0) is 4.79 Å². The van der Waals surface area contributed by atoms with Crippen molar-refractivity contribution in [2.75, 3.05) is 25.0 Å². The first-order chi connectivity index (χ1) is 9.83. The molecule has 0 aromatic carbocycles. The summed E-state index contributed by atoms with van der Waals surface area (Å²) in [7, 11) is 0. The Balaban J connectivity index is 1.54. The molecule has 0 aliphatic carbocycles. The molecule has 20 heavy (non-hydrogen) atoms. The van der Waals surface area contributed by atoms with Gasteiger partial charge in [-0.1, -0.05) is 48.0 Å². The van der Waals surface area contributed by atoms with Gasteiger partial charge in [0.05, 0.1) is 5.92 Å². The lowest BCUT2D eigenvalue weighted by molar-refractivity contribution is -0.124. The lowest BCUT2D eigenvalue weighted by atomic mass is 9.91. The predicted molar refractivity (Wildman–Crippen MR) is 87.2 cm³/mol. The Morgan fingerprint density at radius 1 is 1.10 bits per heavy atom. The number of amides is 1. The van der Waals surface area contributed by atoms with E-state index < -0.39 is 0 Å². The molecular weight excluding hydrogens is 316 g/mol. The Labute approximate surface area is 132 Å². The first-order valence-corrected chi connectivity index (χ1v) is 9.53. The molecule has 0 aromatic heterocycles. The van der Waals surface area contributed by atoms with E-state index in [1.807, 2.05) is 0 Å². The SMILES string of the molecule is O=C1NCC2C1CCCN2CCCCCCCCCBr. The van der Waals surface area contributed by atoms with Crippen molar-refractivity contribution in [1.82, 2.24) is 10.2 Å². The Hall–Kier alpha value is -0.0900. The molecule has 0 radical (unpaired) electrons. The van der Waals surface area contributed by atoms with Crippen LogP contribution in [-0.4, -0.2) is 41.8 Å². The highest BCUT2D eigenvalue weighted by Gasteiger charge is 2.40. The molecule has 2 rings (SSSR count). The molecule has 116 valence electrons. The summed E-state index contributed by atoms with van der Waals surface area (Å²) in [5.41, 5.74) is 0. The van der Waals surface area contributed by atoms with E-state index in [1.54, 1.807) is 0 Å². The summed E-state index contributed by atoms with van der Waals surface area (Å²) in [6.45, 7) is 3.27. The molecule has 2 atom stereocenters. The fraction of sp³-hybridized carbons (Fsp3) is 0.938. The zero-order valence-electron chi connectivity index (χ0n) is 12.6. The average molecular weight is 345 g/mol. The van der Waals surface area contributed by atoms with Crippen molar-refractivity contribution < 1.29 is 4.79 Å².